The molecular formula is C14H20ClN. The minimum atomic E-state index is 0.197. The lowest BCUT2D eigenvalue weighted by Crippen LogP contribution is -2.32. The van der Waals surface area contributed by atoms with E-state index >= 15 is 0 Å². The molecule has 0 aromatic heterocycles. The number of hydrogen-bond donors (Lipinski definition) is 1. The standard InChI is InChI=1S/C14H20ClN/c1-10-7-12(8-13(15)11(10)2)14(9-16)5-3-4-6-14/h7-8H,3-6,9,16H2,1-2H3. The van der Waals surface area contributed by atoms with Gasteiger partial charge >= 0.3 is 0 Å². The summed E-state index contributed by atoms with van der Waals surface area (Å²) in [7, 11) is 0. The molecule has 1 aliphatic carbocycles. The summed E-state index contributed by atoms with van der Waals surface area (Å²) in [5.74, 6) is 0. The van der Waals surface area contributed by atoms with E-state index in [1.807, 2.05) is 0 Å². The largest absolute Gasteiger partial charge is 0.330 e. The molecule has 1 aromatic carbocycles. The maximum atomic E-state index is 6.28. The second-order valence-electron chi connectivity index (χ2n) is 5.09. The fourth-order valence-corrected chi connectivity index (χ4v) is 3.05. The van der Waals surface area contributed by atoms with Gasteiger partial charge < -0.3 is 5.73 Å². The van der Waals surface area contributed by atoms with Crippen LogP contribution in [0.2, 0.25) is 5.02 Å². The molecular weight excluding hydrogens is 218 g/mol. The molecule has 0 heterocycles. The SMILES string of the molecule is Cc1cc(C2(CN)CCCC2)cc(Cl)c1C. The fourth-order valence-electron chi connectivity index (χ4n) is 2.78. The highest BCUT2D eigenvalue weighted by atomic mass is 35.5. The van der Waals surface area contributed by atoms with Crippen LogP contribution in [0.4, 0.5) is 0 Å². The minimum Gasteiger partial charge on any atom is -0.330 e. The van der Waals surface area contributed by atoms with Crippen LogP contribution in [-0.4, -0.2) is 6.54 Å². The lowest BCUT2D eigenvalue weighted by atomic mass is 9.78. The summed E-state index contributed by atoms with van der Waals surface area (Å²) < 4.78 is 0. The normalized spacial score (nSPS) is 19.0. The predicted octanol–water partition coefficient (Wildman–Crippen LogP) is 3.73. The molecule has 1 aromatic rings. The van der Waals surface area contributed by atoms with Gasteiger partial charge in [-0.05, 0) is 49.4 Å². The molecule has 0 radical (unpaired) electrons. The Morgan fingerprint density at radius 1 is 1.25 bits per heavy atom. The van der Waals surface area contributed by atoms with E-state index in [1.54, 1.807) is 0 Å². The van der Waals surface area contributed by atoms with Crippen molar-refractivity contribution in [3.8, 4) is 0 Å². The fraction of sp³-hybridized carbons (Fsp3) is 0.571. The molecule has 2 N–H and O–H groups in total. The van der Waals surface area contributed by atoms with Crippen molar-refractivity contribution in [1.29, 1.82) is 0 Å². The molecule has 88 valence electrons. The first kappa shape index (κ1) is 11.9. The van der Waals surface area contributed by atoms with Gasteiger partial charge in [-0.2, -0.15) is 0 Å². The summed E-state index contributed by atoms with van der Waals surface area (Å²) in [4.78, 5) is 0. The third kappa shape index (κ3) is 1.87. The van der Waals surface area contributed by atoms with Crippen molar-refractivity contribution in [2.24, 2.45) is 5.73 Å². The van der Waals surface area contributed by atoms with E-state index < -0.39 is 0 Å². The molecule has 2 rings (SSSR count). The highest BCUT2D eigenvalue weighted by Crippen LogP contribution is 2.41. The van der Waals surface area contributed by atoms with Gasteiger partial charge in [0.2, 0.25) is 0 Å². The molecule has 0 bridgehead atoms. The van der Waals surface area contributed by atoms with Gasteiger partial charge in [0.25, 0.3) is 0 Å². The number of hydrogen-bond acceptors (Lipinski definition) is 1. The van der Waals surface area contributed by atoms with E-state index in [4.69, 9.17) is 17.3 Å². The van der Waals surface area contributed by atoms with Crippen molar-refractivity contribution in [2.45, 2.75) is 44.9 Å². The molecule has 0 aliphatic heterocycles. The molecule has 1 nitrogen and oxygen atoms in total. The number of halogens is 1. The zero-order chi connectivity index (χ0) is 11.8. The maximum Gasteiger partial charge on any atom is 0.0440 e. The molecule has 2 heteroatoms. The first-order valence-electron chi connectivity index (χ1n) is 6.06. The summed E-state index contributed by atoms with van der Waals surface area (Å²) in [5.41, 5.74) is 10.0. The van der Waals surface area contributed by atoms with E-state index in [1.165, 1.54) is 42.4 Å². The molecule has 0 spiro atoms. The smallest absolute Gasteiger partial charge is 0.0440 e. The van der Waals surface area contributed by atoms with Gasteiger partial charge in [-0.3, -0.25) is 0 Å². The second kappa shape index (κ2) is 4.38. The number of nitrogens with two attached hydrogens (primary N) is 1. The Labute approximate surface area is 103 Å². The van der Waals surface area contributed by atoms with E-state index in [2.05, 4.69) is 26.0 Å². The van der Waals surface area contributed by atoms with E-state index in [0.29, 0.717) is 0 Å². The summed E-state index contributed by atoms with van der Waals surface area (Å²) in [6, 6.07) is 4.40. The topological polar surface area (TPSA) is 26.0 Å². The van der Waals surface area contributed by atoms with Crippen molar-refractivity contribution < 1.29 is 0 Å². The predicted molar refractivity (Wildman–Crippen MR) is 70.1 cm³/mol. The molecule has 0 amide bonds. The molecule has 16 heavy (non-hydrogen) atoms. The van der Waals surface area contributed by atoms with Gasteiger partial charge in [0.15, 0.2) is 0 Å². The number of aryl methyl sites for hydroxylation is 1. The molecule has 0 unspecified atom stereocenters. The van der Waals surface area contributed by atoms with E-state index in [9.17, 15) is 0 Å². The van der Waals surface area contributed by atoms with Crippen molar-refractivity contribution in [2.75, 3.05) is 6.54 Å². The summed E-state index contributed by atoms with van der Waals surface area (Å²) >= 11 is 6.28. The number of rotatable bonds is 2. The lowest BCUT2D eigenvalue weighted by molar-refractivity contribution is 0.453. The quantitative estimate of drug-likeness (QED) is 0.834. The van der Waals surface area contributed by atoms with Crippen molar-refractivity contribution in [1.82, 2.24) is 0 Å². The Bertz CT molecular complexity index is 369. The van der Waals surface area contributed by atoms with Crippen molar-refractivity contribution in [3.05, 3.63) is 33.8 Å². The van der Waals surface area contributed by atoms with Gasteiger partial charge in [0.1, 0.15) is 0 Å². The monoisotopic (exact) mass is 237 g/mol. The zero-order valence-electron chi connectivity index (χ0n) is 10.1. The third-order valence-electron chi connectivity index (χ3n) is 4.17. The Morgan fingerprint density at radius 2 is 1.88 bits per heavy atom. The Hall–Kier alpha value is -0.530. The van der Waals surface area contributed by atoms with Crippen molar-refractivity contribution in [3.63, 3.8) is 0 Å². The van der Waals surface area contributed by atoms with Crippen LogP contribution in [0, 0.1) is 13.8 Å². The molecule has 0 atom stereocenters. The van der Waals surface area contributed by atoms with Crippen LogP contribution in [0.1, 0.15) is 42.4 Å². The maximum absolute atomic E-state index is 6.28. The van der Waals surface area contributed by atoms with Crippen LogP contribution >= 0.6 is 11.6 Å². The van der Waals surface area contributed by atoms with Crippen molar-refractivity contribution >= 4 is 11.6 Å². The Morgan fingerprint density at radius 3 is 2.38 bits per heavy atom. The highest BCUT2D eigenvalue weighted by Gasteiger charge is 2.34. The first-order chi connectivity index (χ1) is 7.59. The number of benzene rings is 1. The summed E-state index contributed by atoms with van der Waals surface area (Å²) in [6.45, 7) is 4.95. The van der Waals surface area contributed by atoms with E-state index in [0.717, 1.165) is 11.6 Å². The lowest BCUT2D eigenvalue weighted by Gasteiger charge is -2.29. The van der Waals surface area contributed by atoms with Gasteiger partial charge in [0.05, 0.1) is 0 Å². The third-order valence-corrected chi connectivity index (χ3v) is 4.56. The summed E-state index contributed by atoms with van der Waals surface area (Å²) in [6.07, 6.45) is 5.01. The van der Waals surface area contributed by atoms with Gasteiger partial charge in [-0.1, -0.05) is 30.5 Å². The summed E-state index contributed by atoms with van der Waals surface area (Å²) in [5, 5.41) is 0.884. The van der Waals surface area contributed by atoms with Crippen LogP contribution in [-0.2, 0) is 5.41 Å². The average molecular weight is 238 g/mol. The molecule has 1 saturated carbocycles. The van der Waals surface area contributed by atoms with Crippen LogP contribution in [0.25, 0.3) is 0 Å². The molecule has 1 aliphatic rings. The van der Waals surface area contributed by atoms with Crippen LogP contribution < -0.4 is 5.73 Å². The first-order valence-corrected chi connectivity index (χ1v) is 6.44. The van der Waals surface area contributed by atoms with Gasteiger partial charge in [-0.25, -0.2) is 0 Å². The van der Waals surface area contributed by atoms with Crippen LogP contribution in [0.3, 0.4) is 0 Å². The van der Waals surface area contributed by atoms with Gasteiger partial charge in [-0.15, -0.1) is 0 Å². The zero-order valence-corrected chi connectivity index (χ0v) is 10.9. The average Bonchev–Trinajstić information content (AvgIpc) is 2.75. The van der Waals surface area contributed by atoms with Gasteiger partial charge in [0, 0.05) is 17.0 Å². The highest BCUT2D eigenvalue weighted by molar-refractivity contribution is 6.31. The Kier molecular flexibility index (Phi) is 3.27. The second-order valence-corrected chi connectivity index (χ2v) is 5.50. The Balaban J connectivity index is 2.47. The van der Waals surface area contributed by atoms with Crippen LogP contribution in [0.5, 0.6) is 0 Å². The van der Waals surface area contributed by atoms with E-state index in [-0.39, 0.29) is 5.41 Å². The molecule has 0 saturated heterocycles. The molecule has 1 fully saturated rings. The minimum absolute atomic E-state index is 0.197. The van der Waals surface area contributed by atoms with Crippen LogP contribution in [0.15, 0.2) is 12.1 Å².